The van der Waals surface area contributed by atoms with Crippen molar-refractivity contribution >= 4 is 14.3 Å². The van der Waals surface area contributed by atoms with Gasteiger partial charge in [-0.05, 0) is 36.0 Å². The van der Waals surface area contributed by atoms with Crippen LogP contribution in [0.1, 0.15) is 27.2 Å². The van der Waals surface area contributed by atoms with E-state index < -0.39 is 32.2 Å². The minimum Gasteiger partial charge on any atom is -0.469 e. The van der Waals surface area contributed by atoms with Crippen molar-refractivity contribution < 1.29 is 24.2 Å². The first-order valence-corrected chi connectivity index (χ1v) is 11.1. The molecule has 0 aromatic carbocycles. The van der Waals surface area contributed by atoms with E-state index in [9.17, 15) is 15.0 Å². The zero-order valence-electron chi connectivity index (χ0n) is 15.3. The molecule has 2 N–H and O–H groups in total. The van der Waals surface area contributed by atoms with Crippen LogP contribution in [0.4, 0.5) is 0 Å². The normalized spacial score (nSPS) is 28.7. The zero-order valence-corrected chi connectivity index (χ0v) is 16.3. The van der Waals surface area contributed by atoms with Crippen molar-refractivity contribution in [1.29, 1.82) is 0 Å². The highest BCUT2D eigenvalue weighted by Crippen LogP contribution is 2.43. The van der Waals surface area contributed by atoms with Crippen LogP contribution in [-0.4, -0.2) is 50.9 Å². The van der Waals surface area contributed by atoms with E-state index in [1.165, 1.54) is 7.11 Å². The first-order chi connectivity index (χ1) is 10.5. The van der Waals surface area contributed by atoms with E-state index >= 15 is 0 Å². The minimum atomic E-state index is -1.91. The number of esters is 1. The summed E-state index contributed by atoms with van der Waals surface area (Å²) in [7, 11) is -0.581. The van der Waals surface area contributed by atoms with Gasteiger partial charge >= 0.3 is 5.97 Å². The Morgan fingerprint density at radius 2 is 1.91 bits per heavy atom. The van der Waals surface area contributed by atoms with Gasteiger partial charge in [-0.1, -0.05) is 27.4 Å². The molecule has 134 valence electrons. The number of aliphatic hydroxyl groups excluding tert-OH is 2. The second-order valence-corrected chi connectivity index (χ2v) is 12.8. The average Bonchev–Trinajstić information content (AvgIpc) is 2.79. The van der Waals surface area contributed by atoms with E-state index in [2.05, 4.69) is 40.4 Å². The maximum Gasteiger partial charge on any atom is 0.309 e. The van der Waals surface area contributed by atoms with Gasteiger partial charge in [0, 0.05) is 12.5 Å². The lowest BCUT2D eigenvalue weighted by Gasteiger charge is -2.37. The lowest BCUT2D eigenvalue weighted by Crippen LogP contribution is -2.41. The van der Waals surface area contributed by atoms with E-state index in [0.29, 0.717) is 13.0 Å². The first kappa shape index (κ1) is 20.4. The van der Waals surface area contributed by atoms with Crippen LogP contribution in [0.15, 0.2) is 12.2 Å². The van der Waals surface area contributed by atoms with Crippen LogP contribution in [0.5, 0.6) is 0 Å². The van der Waals surface area contributed by atoms with E-state index in [4.69, 9.17) is 9.16 Å². The third-order valence-corrected chi connectivity index (χ3v) is 10.00. The van der Waals surface area contributed by atoms with Gasteiger partial charge in [0.2, 0.25) is 0 Å². The topological polar surface area (TPSA) is 76.0 Å². The summed E-state index contributed by atoms with van der Waals surface area (Å²) >= 11 is 0. The molecule has 4 atom stereocenters. The van der Waals surface area contributed by atoms with Gasteiger partial charge in [-0.25, -0.2) is 0 Å². The molecule has 0 aromatic rings. The molecule has 0 spiro atoms. The highest BCUT2D eigenvalue weighted by Gasteiger charge is 2.48. The molecule has 0 bridgehead atoms. The van der Waals surface area contributed by atoms with Crippen LogP contribution in [-0.2, 0) is 14.0 Å². The minimum absolute atomic E-state index is 0.0951. The van der Waals surface area contributed by atoms with Gasteiger partial charge in [-0.2, -0.15) is 0 Å². The van der Waals surface area contributed by atoms with Gasteiger partial charge in [0.1, 0.15) is 0 Å². The van der Waals surface area contributed by atoms with Crippen LogP contribution in [0.2, 0.25) is 18.1 Å². The molecule has 1 aliphatic carbocycles. The van der Waals surface area contributed by atoms with Gasteiger partial charge < -0.3 is 19.4 Å². The maximum atomic E-state index is 12.1. The first-order valence-electron chi connectivity index (χ1n) is 8.14. The van der Waals surface area contributed by atoms with Gasteiger partial charge in [0.25, 0.3) is 0 Å². The number of rotatable bonds is 6. The molecule has 1 saturated carbocycles. The van der Waals surface area contributed by atoms with Crippen molar-refractivity contribution in [3.8, 4) is 0 Å². The molecule has 1 rings (SSSR count). The molecule has 0 saturated heterocycles. The Kier molecular flexibility index (Phi) is 6.61. The van der Waals surface area contributed by atoms with Crippen molar-refractivity contribution in [2.45, 2.75) is 51.4 Å². The van der Waals surface area contributed by atoms with Crippen molar-refractivity contribution in [2.24, 2.45) is 17.8 Å². The molecule has 0 radical (unpaired) electrons. The van der Waals surface area contributed by atoms with E-state index in [0.717, 1.165) is 5.57 Å². The monoisotopic (exact) mass is 344 g/mol. The number of methoxy groups -OCH3 is 1. The summed E-state index contributed by atoms with van der Waals surface area (Å²) in [6.07, 6.45) is -0.316. The molecule has 1 fully saturated rings. The molecular weight excluding hydrogens is 312 g/mol. The average molecular weight is 345 g/mol. The number of hydrogen-bond acceptors (Lipinski definition) is 5. The summed E-state index contributed by atoms with van der Waals surface area (Å²) < 4.78 is 11.0. The smallest absolute Gasteiger partial charge is 0.309 e. The molecule has 0 amide bonds. The van der Waals surface area contributed by atoms with Crippen molar-refractivity contribution in [2.75, 3.05) is 20.3 Å². The maximum absolute atomic E-state index is 12.1. The molecule has 5 nitrogen and oxygen atoms in total. The number of ether oxygens (including phenoxy) is 1. The molecule has 0 heterocycles. The summed E-state index contributed by atoms with van der Waals surface area (Å²) in [5, 5.41) is 19.7. The third-order valence-electron chi connectivity index (χ3n) is 5.52. The van der Waals surface area contributed by atoms with Crippen molar-refractivity contribution in [1.82, 2.24) is 0 Å². The Hall–Kier alpha value is -0.693. The molecule has 1 aliphatic rings. The van der Waals surface area contributed by atoms with E-state index in [-0.39, 0.29) is 17.6 Å². The van der Waals surface area contributed by atoms with Gasteiger partial charge in [-0.3, -0.25) is 4.79 Å². The highest BCUT2D eigenvalue weighted by atomic mass is 28.4. The largest absolute Gasteiger partial charge is 0.469 e. The third kappa shape index (κ3) is 4.44. The lowest BCUT2D eigenvalue weighted by atomic mass is 9.85. The Morgan fingerprint density at radius 1 is 1.35 bits per heavy atom. The summed E-state index contributed by atoms with van der Waals surface area (Å²) in [6, 6.07) is 0. The lowest BCUT2D eigenvalue weighted by molar-refractivity contribution is -0.149. The van der Waals surface area contributed by atoms with Crippen LogP contribution in [0.25, 0.3) is 0 Å². The SMILES string of the molecule is C=C(CO[Si](C)(C)C(C)(C)C)[C@@H]1C[C@@H](O)[C@@H](CO)[C@@H]1C(=O)OC. The Balaban J connectivity index is 2.84. The van der Waals surface area contributed by atoms with Gasteiger partial charge in [0.05, 0.1) is 25.7 Å². The van der Waals surface area contributed by atoms with Crippen molar-refractivity contribution in [3.63, 3.8) is 0 Å². The molecule has 0 aromatic heterocycles. The fraction of sp³-hybridized carbons (Fsp3) is 0.824. The highest BCUT2D eigenvalue weighted by molar-refractivity contribution is 6.74. The Morgan fingerprint density at radius 3 is 2.35 bits per heavy atom. The summed E-state index contributed by atoms with van der Waals surface area (Å²) in [5.74, 6) is -1.69. The fourth-order valence-electron chi connectivity index (χ4n) is 2.85. The van der Waals surface area contributed by atoms with Gasteiger partial charge in [0.15, 0.2) is 8.32 Å². The predicted molar refractivity (Wildman–Crippen MR) is 92.5 cm³/mol. The second kappa shape index (κ2) is 7.47. The number of hydrogen-bond donors (Lipinski definition) is 2. The number of aliphatic hydroxyl groups is 2. The van der Waals surface area contributed by atoms with Crippen LogP contribution in [0, 0.1) is 17.8 Å². The standard InChI is InChI=1S/C17H32O5Si/c1-11(10-22-23(6,7)17(2,3)4)12-8-14(19)13(9-18)15(12)16(20)21-5/h12-15,18-19H,1,8-10H2,2-7H3/t12-,13+,14+,15+/m0/s1. The van der Waals surface area contributed by atoms with E-state index in [1.807, 2.05) is 0 Å². The van der Waals surface area contributed by atoms with Crippen LogP contribution in [0.3, 0.4) is 0 Å². The summed E-state index contributed by atoms with van der Waals surface area (Å²) in [6.45, 7) is 15.1. The van der Waals surface area contributed by atoms with E-state index in [1.54, 1.807) is 0 Å². The molecule has 0 unspecified atom stereocenters. The molecule has 0 aliphatic heterocycles. The fourth-order valence-corrected chi connectivity index (χ4v) is 3.83. The number of carbonyl (C=O) groups excluding carboxylic acids is 1. The van der Waals surface area contributed by atoms with Gasteiger partial charge in [-0.15, -0.1) is 0 Å². The Bertz CT molecular complexity index is 441. The molecule has 6 heteroatoms. The van der Waals surface area contributed by atoms with Crippen LogP contribution < -0.4 is 0 Å². The molecule has 23 heavy (non-hydrogen) atoms. The predicted octanol–water partition coefficient (Wildman–Crippen LogP) is 2.34. The Labute approximate surface area is 140 Å². The number of carbonyl (C=O) groups is 1. The summed E-state index contributed by atoms with van der Waals surface area (Å²) in [4.78, 5) is 12.1. The second-order valence-electron chi connectivity index (χ2n) is 8.01. The van der Waals surface area contributed by atoms with Crippen LogP contribution >= 0.6 is 0 Å². The summed E-state index contributed by atoms with van der Waals surface area (Å²) in [5.41, 5.74) is 0.792. The van der Waals surface area contributed by atoms with Crippen molar-refractivity contribution in [3.05, 3.63) is 12.2 Å². The molecular formula is C17H32O5Si. The zero-order chi connectivity index (χ0) is 18.0. The quantitative estimate of drug-likeness (QED) is 0.439.